The molecule has 0 bridgehead atoms. The molecule has 1 fully saturated rings. The minimum atomic E-state index is -1.47. The summed E-state index contributed by atoms with van der Waals surface area (Å²) in [5, 5.41) is 24.8. The zero-order valence-electron chi connectivity index (χ0n) is 36.2. The summed E-state index contributed by atoms with van der Waals surface area (Å²) in [6.07, 6.45) is -0.0652. The Bertz CT molecular complexity index is 1790. The summed E-state index contributed by atoms with van der Waals surface area (Å²) in [6, 6.07) is -0.216. The van der Waals surface area contributed by atoms with Gasteiger partial charge < -0.3 is 59.1 Å². The number of nitrogens with two attached hydrogens (primary N) is 3. The van der Waals surface area contributed by atoms with Gasteiger partial charge in [0, 0.05) is 31.6 Å². The first-order valence-corrected chi connectivity index (χ1v) is 21.6. The van der Waals surface area contributed by atoms with Gasteiger partial charge in [0.25, 0.3) is 0 Å². The van der Waals surface area contributed by atoms with Crippen LogP contribution < -0.4 is 49.1 Å². The number of amides is 9. The molecule has 8 atom stereocenters. The third-order valence-electron chi connectivity index (χ3n) is 10.5. The Labute approximate surface area is 372 Å². The quantitative estimate of drug-likeness (QED) is 0.0417. The normalized spacial score (nSPS) is 16.8. The number of thiol groups is 1. The first kappa shape index (κ1) is 53.4. The van der Waals surface area contributed by atoms with E-state index in [1.54, 1.807) is 44.2 Å². The summed E-state index contributed by atoms with van der Waals surface area (Å²) in [5.74, 6) is -8.96. The second kappa shape index (κ2) is 26.6. The van der Waals surface area contributed by atoms with E-state index in [1.807, 2.05) is 13.8 Å². The lowest BCUT2D eigenvalue weighted by atomic mass is 9.96. The Hall–Kier alpha value is -5.77. The molecule has 13 N–H and O–H groups in total. The molecule has 1 aromatic carbocycles. The Morgan fingerprint density at radius 3 is 1.81 bits per heavy atom. The van der Waals surface area contributed by atoms with Gasteiger partial charge in [-0.2, -0.15) is 12.6 Å². The minimum Gasteiger partial charge on any atom is -0.480 e. The van der Waals surface area contributed by atoms with Crippen LogP contribution in [0.2, 0.25) is 0 Å². The van der Waals surface area contributed by atoms with E-state index in [1.165, 1.54) is 4.90 Å². The van der Waals surface area contributed by atoms with Crippen molar-refractivity contribution in [3.63, 3.8) is 0 Å². The number of carboxylic acids is 1. The van der Waals surface area contributed by atoms with E-state index in [0.29, 0.717) is 18.4 Å². The van der Waals surface area contributed by atoms with Gasteiger partial charge in [0.2, 0.25) is 53.2 Å². The van der Waals surface area contributed by atoms with Gasteiger partial charge in [0.05, 0.1) is 6.54 Å². The SMILES string of the molecule is CC[C@H](C)[C@H](NC(=O)[C@H](CCC(N)=O)NC(=O)CN)C(=O)N[C@@H](CCC(N)=O)C(=O)N[C@@H](Cc1ccccc1)C(=O)N1CCC[C@H]1C(=O)N[C@@H](CC(C)C)C(=O)N[C@@H](CS)C(=O)O. The highest BCUT2D eigenvalue weighted by atomic mass is 32.1. The van der Waals surface area contributed by atoms with E-state index >= 15 is 0 Å². The second-order valence-corrected chi connectivity index (χ2v) is 16.3. The van der Waals surface area contributed by atoms with Gasteiger partial charge in [-0.3, -0.25) is 43.2 Å². The molecule has 22 heteroatoms. The van der Waals surface area contributed by atoms with Crippen LogP contribution in [0, 0.1) is 11.8 Å². The summed E-state index contributed by atoms with van der Waals surface area (Å²) < 4.78 is 0. The predicted octanol–water partition coefficient (Wildman–Crippen LogP) is -2.27. The number of hydrogen-bond acceptors (Lipinski definition) is 12. The number of benzene rings is 1. The van der Waals surface area contributed by atoms with Crippen LogP contribution in [0.1, 0.15) is 84.6 Å². The number of nitrogens with zero attached hydrogens (tertiary/aromatic N) is 1. The number of primary amides is 2. The van der Waals surface area contributed by atoms with E-state index < -0.39 is 114 Å². The number of carbonyl (C=O) groups excluding carboxylic acids is 9. The molecule has 2 rings (SSSR count). The van der Waals surface area contributed by atoms with E-state index in [4.69, 9.17) is 17.2 Å². The summed E-state index contributed by atoms with van der Waals surface area (Å²) in [4.78, 5) is 132. The monoisotopic (exact) mass is 904 g/mol. The predicted molar refractivity (Wildman–Crippen MR) is 233 cm³/mol. The van der Waals surface area contributed by atoms with Gasteiger partial charge >= 0.3 is 5.97 Å². The van der Waals surface area contributed by atoms with Crippen molar-refractivity contribution in [2.75, 3.05) is 18.8 Å². The van der Waals surface area contributed by atoms with Crippen LogP contribution >= 0.6 is 12.6 Å². The Morgan fingerprint density at radius 1 is 0.746 bits per heavy atom. The molecule has 0 radical (unpaired) electrons. The van der Waals surface area contributed by atoms with Crippen molar-refractivity contribution in [2.45, 2.75) is 128 Å². The standard InChI is InChI=1S/C41H64N10O11S/c1-5-23(4)34(50-36(56)25(13-15-31(43)52)45-33(54)20-42)39(59)46-26(14-16-32(44)53)35(55)48-28(19-24-10-7-6-8-11-24)40(60)51-17-9-12-30(51)38(58)47-27(18-22(2)3)37(57)49-29(21-63)41(61)62/h6-8,10-11,22-23,25-30,34,63H,5,9,12-21,42H2,1-4H3,(H2,43,52)(H2,44,53)(H,45,54)(H,46,59)(H,47,58)(H,48,55)(H,49,57)(H,50,56)(H,61,62)/t23-,25-,26-,27-,28-,29-,30-,34-/m0/s1. The highest BCUT2D eigenvalue weighted by molar-refractivity contribution is 7.80. The van der Waals surface area contributed by atoms with Gasteiger partial charge in [0.1, 0.15) is 42.3 Å². The van der Waals surface area contributed by atoms with Crippen LogP contribution in [-0.2, 0) is 54.4 Å². The van der Waals surface area contributed by atoms with E-state index in [0.717, 1.165) is 0 Å². The fraction of sp³-hybridized carbons (Fsp3) is 0.610. The average Bonchev–Trinajstić information content (AvgIpc) is 3.73. The molecule has 1 aliphatic rings. The molecule has 1 heterocycles. The first-order chi connectivity index (χ1) is 29.7. The molecular formula is C41H64N10O11S. The molecule has 0 aromatic heterocycles. The molecule has 0 unspecified atom stereocenters. The van der Waals surface area contributed by atoms with E-state index in [2.05, 4.69) is 44.5 Å². The maximum atomic E-state index is 14.5. The molecule has 21 nitrogen and oxygen atoms in total. The molecule has 1 saturated heterocycles. The topological polar surface area (TPSA) is 344 Å². The summed E-state index contributed by atoms with van der Waals surface area (Å²) in [6.45, 7) is 6.69. The zero-order valence-corrected chi connectivity index (χ0v) is 37.1. The van der Waals surface area contributed by atoms with Gasteiger partial charge in [-0.15, -0.1) is 0 Å². The number of hydrogen-bond donors (Lipinski definition) is 11. The van der Waals surface area contributed by atoms with Gasteiger partial charge in [-0.25, -0.2) is 4.79 Å². The largest absolute Gasteiger partial charge is 0.480 e. The number of likely N-dealkylation sites (tertiary alicyclic amines) is 1. The van der Waals surface area contributed by atoms with Crippen molar-refractivity contribution >= 4 is 71.8 Å². The maximum absolute atomic E-state index is 14.5. The maximum Gasteiger partial charge on any atom is 0.327 e. The van der Waals surface area contributed by atoms with Crippen LogP contribution in [0.25, 0.3) is 0 Å². The molecule has 0 spiro atoms. The van der Waals surface area contributed by atoms with Crippen LogP contribution in [0.4, 0.5) is 0 Å². The van der Waals surface area contributed by atoms with Crippen molar-refractivity contribution < 1.29 is 53.1 Å². The van der Waals surface area contributed by atoms with E-state index in [9.17, 15) is 53.1 Å². The molecule has 63 heavy (non-hydrogen) atoms. The molecule has 1 aromatic rings. The minimum absolute atomic E-state index is 0.0574. The van der Waals surface area contributed by atoms with Crippen LogP contribution in [-0.4, -0.2) is 130 Å². The van der Waals surface area contributed by atoms with E-state index in [-0.39, 0.29) is 63.2 Å². The van der Waals surface area contributed by atoms with Crippen molar-refractivity contribution in [3.05, 3.63) is 35.9 Å². The van der Waals surface area contributed by atoms with Gasteiger partial charge in [-0.1, -0.05) is 64.4 Å². The van der Waals surface area contributed by atoms with Crippen LogP contribution in [0.15, 0.2) is 30.3 Å². The lowest BCUT2D eigenvalue weighted by Crippen LogP contribution is -2.61. The molecule has 0 saturated carbocycles. The third-order valence-corrected chi connectivity index (χ3v) is 10.9. The highest BCUT2D eigenvalue weighted by Gasteiger charge is 2.40. The average molecular weight is 905 g/mol. The number of aliphatic carboxylic acids is 1. The zero-order chi connectivity index (χ0) is 47.4. The Kier molecular flexibility index (Phi) is 22.6. The van der Waals surface area contributed by atoms with Crippen molar-refractivity contribution in [3.8, 4) is 0 Å². The Balaban J connectivity index is 2.44. The highest BCUT2D eigenvalue weighted by Crippen LogP contribution is 2.21. The number of rotatable bonds is 27. The van der Waals surface area contributed by atoms with Gasteiger partial charge in [0.15, 0.2) is 0 Å². The molecule has 1 aliphatic heterocycles. The smallest absolute Gasteiger partial charge is 0.327 e. The summed E-state index contributed by atoms with van der Waals surface area (Å²) >= 11 is 3.99. The first-order valence-electron chi connectivity index (χ1n) is 21.0. The molecular weight excluding hydrogens is 841 g/mol. The summed E-state index contributed by atoms with van der Waals surface area (Å²) in [5.41, 5.74) is 16.7. The van der Waals surface area contributed by atoms with Crippen molar-refractivity contribution in [1.29, 1.82) is 0 Å². The second-order valence-electron chi connectivity index (χ2n) is 16.0. The molecule has 0 aliphatic carbocycles. The van der Waals surface area contributed by atoms with Crippen molar-refractivity contribution in [1.82, 2.24) is 36.8 Å². The lowest BCUT2D eigenvalue weighted by Gasteiger charge is -2.31. The lowest BCUT2D eigenvalue weighted by molar-refractivity contribution is -0.143. The van der Waals surface area contributed by atoms with Crippen LogP contribution in [0.3, 0.4) is 0 Å². The molecule has 350 valence electrons. The number of carbonyl (C=O) groups is 10. The number of nitrogens with one attached hydrogen (secondary N) is 6. The fourth-order valence-electron chi connectivity index (χ4n) is 6.84. The number of carboxylic acid groups (broad SMARTS) is 1. The Morgan fingerprint density at radius 2 is 1.29 bits per heavy atom. The summed E-state index contributed by atoms with van der Waals surface area (Å²) in [7, 11) is 0. The molecule has 9 amide bonds. The van der Waals surface area contributed by atoms with Crippen molar-refractivity contribution in [2.24, 2.45) is 29.0 Å². The third kappa shape index (κ3) is 17.9. The fourth-order valence-corrected chi connectivity index (χ4v) is 7.08. The van der Waals surface area contributed by atoms with Crippen LogP contribution in [0.5, 0.6) is 0 Å². The van der Waals surface area contributed by atoms with Gasteiger partial charge in [-0.05, 0) is 49.5 Å².